The predicted molar refractivity (Wildman–Crippen MR) is 69.6 cm³/mol. The molecular formula is C14H10BrF3O. The molecule has 1 unspecified atom stereocenters. The lowest BCUT2D eigenvalue weighted by Gasteiger charge is -2.15. The Balaban J connectivity index is 2.40. The lowest BCUT2D eigenvalue weighted by atomic mass is 10.00. The van der Waals surface area contributed by atoms with Gasteiger partial charge in [0.25, 0.3) is 0 Å². The monoisotopic (exact) mass is 330 g/mol. The van der Waals surface area contributed by atoms with Gasteiger partial charge in [-0.05, 0) is 29.3 Å². The summed E-state index contributed by atoms with van der Waals surface area (Å²) >= 11 is 3.27. The van der Waals surface area contributed by atoms with Crippen LogP contribution in [-0.4, -0.2) is 5.11 Å². The second-order valence-corrected chi connectivity index (χ2v) is 4.90. The van der Waals surface area contributed by atoms with Gasteiger partial charge in [0.05, 0.1) is 5.56 Å². The van der Waals surface area contributed by atoms with Crippen LogP contribution >= 0.6 is 15.9 Å². The first kappa shape index (κ1) is 14.1. The first-order valence-electron chi connectivity index (χ1n) is 5.49. The Hall–Kier alpha value is -1.33. The second kappa shape index (κ2) is 5.35. The molecule has 0 radical (unpaired) electrons. The van der Waals surface area contributed by atoms with Crippen LogP contribution in [0.5, 0.6) is 0 Å². The Labute approximate surface area is 116 Å². The van der Waals surface area contributed by atoms with E-state index in [-0.39, 0.29) is 5.56 Å². The van der Waals surface area contributed by atoms with Gasteiger partial charge in [-0.3, -0.25) is 0 Å². The third-order valence-electron chi connectivity index (χ3n) is 2.73. The van der Waals surface area contributed by atoms with E-state index in [2.05, 4.69) is 15.9 Å². The van der Waals surface area contributed by atoms with Crippen molar-refractivity contribution in [3.05, 3.63) is 69.7 Å². The maximum Gasteiger partial charge on any atom is 0.416 e. The maximum absolute atomic E-state index is 12.6. The van der Waals surface area contributed by atoms with Gasteiger partial charge in [0.15, 0.2) is 0 Å². The molecule has 100 valence electrons. The molecule has 1 N–H and O–H groups in total. The molecule has 0 aliphatic heterocycles. The van der Waals surface area contributed by atoms with Crippen molar-refractivity contribution in [3.8, 4) is 0 Å². The summed E-state index contributed by atoms with van der Waals surface area (Å²) in [4.78, 5) is 0. The molecule has 0 heterocycles. The average molecular weight is 331 g/mol. The predicted octanol–water partition coefficient (Wildman–Crippen LogP) is 4.55. The lowest BCUT2D eigenvalue weighted by molar-refractivity contribution is -0.137. The SMILES string of the molecule is OC(c1cccc(C(F)(F)F)c1)c1ccccc1Br. The number of alkyl halides is 3. The molecule has 0 amide bonds. The number of rotatable bonds is 2. The molecule has 0 aromatic heterocycles. The van der Waals surface area contributed by atoms with Crippen molar-refractivity contribution >= 4 is 15.9 Å². The quantitative estimate of drug-likeness (QED) is 0.856. The van der Waals surface area contributed by atoms with E-state index in [1.807, 2.05) is 0 Å². The molecule has 1 nitrogen and oxygen atoms in total. The number of aliphatic hydroxyl groups excluding tert-OH is 1. The van der Waals surface area contributed by atoms with Crippen molar-refractivity contribution in [2.24, 2.45) is 0 Å². The van der Waals surface area contributed by atoms with Crippen molar-refractivity contribution in [1.82, 2.24) is 0 Å². The molecule has 0 saturated heterocycles. The molecule has 0 spiro atoms. The fourth-order valence-electron chi connectivity index (χ4n) is 1.76. The van der Waals surface area contributed by atoms with Crippen molar-refractivity contribution in [1.29, 1.82) is 0 Å². The second-order valence-electron chi connectivity index (χ2n) is 4.05. The van der Waals surface area contributed by atoms with Crippen LogP contribution in [0, 0.1) is 0 Å². The zero-order valence-electron chi connectivity index (χ0n) is 9.66. The highest BCUT2D eigenvalue weighted by Crippen LogP contribution is 2.33. The topological polar surface area (TPSA) is 20.2 Å². The highest BCUT2D eigenvalue weighted by molar-refractivity contribution is 9.10. The molecule has 5 heteroatoms. The number of halogens is 4. The number of hydrogen-bond acceptors (Lipinski definition) is 1. The summed E-state index contributed by atoms with van der Waals surface area (Å²) in [6.45, 7) is 0. The highest BCUT2D eigenvalue weighted by atomic mass is 79.9. The van der Waals surface area contributed by atoms with Gasteiger partial charge in [0.1, 0.15) is 6.10 Å². The molecule has 0 fully saturated rings. The van der Waals surface area contributed by atoms with E-state index < -0.39 is 17.8 Å². The summed E-state index contributed by atoms with van der Waals surface area (Å²) in [7, 11) is 0. The third kappa shape index (κ3) is 3.16. The van der Waals surface area contributed by atoms with Crippen LogP contribution in [0.1, 0.15) is 22.8 Å². The van der Waals surface area contributed by atoms with Gasteiger partial charge in [0, 0.05) is 4.47 Å². The number of benzene rings is 2. The Bertz CT molecular complexity index is 581. The summed E-state index contributed by atoms with van der Waals surface area (Å²) in [6, 6.07) is 11.6. The summed E-state index contributed by atoms with van der Waals surface area (Å²) in [6.07, 6.45) is -5.51. The summed E-state index contributed by atoms with van der Waals surface area (Å²) in [5.41, 5.74) is -0.0281. The van der Waals surface area contributed by atoms with Gasteiger partial charge >= 0.3 is 6.18 Å². The van der Waals surface area contributed by atoms with Crippen molar-refractivity contribution in [3.63, 3.8) is 0 Å². The smallest absolute Gasteiger partial charge is 0.384 e. The van der Waals surface area contributed by atoms with Gasteiger partial charge in [-0.25, -0.2) is 0 Å². The van der Waals surface area contributed by atoms with Crippen LogP contribution in [0.25, 0.3) is 0 Å². The van der Waals surface area contributed by atoms with E-state index >= 15 is 0 Å². The van der Waals surface area contributed by atoms with E-state index in [0.717, 1.165) is 12.1 Å². The largest absolute Gasteiger partial charge is 0.416 e. The standard InChI is InChI=1S/C14H10BrF3O/c15-12-7-2-1-6-11(12)13(19)9-4-3-5-10(8-9)14(16,17)18/h1-8,13,19H. The van der Waals surface area contributed by atoms with Gasteiger partial charge < -0.3 is 5.11 Å². The fourth-order valence-corrected chi connectivity index (χ4v) is 2.26. The Morgan fingerprint density at radius 3 is 2.32 bits per heavy atom. The van der Waals surface area contributed by atoms with Gasteiger partial charge in [-0.2, -0.15) is 13.2 Å². The van der Waals surface area contributed by atoms with E-state index in [1.54, 1.807) is 24.3 Å². The zero-order chi connectivity index (χ0) is 14.0. The summed E-state index contributed by atoms with van der Waals surface area (Å²) in [5.74, 6) is 0. The van der Waals surface area contributed by atoms with E-state index in [4.69, 9.17) is 0 Å². The molecule has 2 aromatic carbocycles. The molecule has 0 aliphatic carbocycles. The van der Waals surface area contributed by atoms with E-state index in [0.29, 0.717) is 10.0 Å². The molecule has 19 heavy (non-hydrogen) atoms. The minimum atomic E-state index is -4.41. The molecule has 0 bridgehead atoms. The third-order valence-corrected chi connectivity index (χ3v) is 3.45. The molecule has 2 rings (SSSR count). The maximum atomic E-state index is 12.6. The molecule has 2 aromatic rings. The Kier molecular flexibility index (Phi) is 3.96. The van der Waals surface area contributed by atoms with Crippen molar-refractivity contribution in [2.75, 3.05) is 0 Å². The molecule has 0 saturated carbocycles. The highest BCUT2D eigenvalue weighted by Gasteiger charge is 2.31. The first-order valence-corrected chi connectivity index (χ1v) is 6.28. The fraction of sp³-hybridized carbons (Fsp3) is 0.143. The van der Waals surface area contributed by atoms with Crippen LogP contribution in [0.3, 0.4) is 0 Å². The van der Waals surface area contributed by atoms with Gasteiger partial charge in [-0.15, -0.1) is 0 Å². The molecule has 0 aliphatic rings. The van der Waals surface area contributed by atoms with Crippen LogP contribution < -0.4 is 0 Å². The molecular weight excluding hydrogens is 321 g/mol. The molecule has 1 atom stereocenters. The number of aliphatic hydroxyl groups is 1. The Morgan fingerprint density at radius 1 is 1.00 bits per heavy atom. The van der Waals surface area contributed by atoms with Crippen LogP contribution in [0.15, 0.2) is 53.0 Å². The average Bonchev–Trinajstić information content (AvgIpc) is 2.38. The normalized spacial score (nSPS) is 13.3. The van der Waals surface area contributed by atoms with Crippen LogP contribution in [0.4, 0.5) is 13.2 Å². The Morgan fingerprint density at radius 2 is 1.68 bits per heavy atom. The lowest BCUT2D eigenvalue weighted by Crippen LogP contribution is -2.07. The summed E-state index contributed by atoms with van der Waals surface area (Å²) in [5, 5.41) is 10.2. The zero-order valence-corrected chi connectivity index (χ0v) is 11.2. The van der Waals surface area contributed by atoms with E-state index in [9.17, 15) is 18.3 Å². The van der Waals surface area contributed by atoms with Crippen molar-refractivity contribution < 1.29 is 18.3 Å². The minimum absolute atomic E-state index is 0.210. The van der Waals surface area contributed by atoms with E-state index in [1.165, 1.54) is 12.1 Å². The van der Waals surface area contributed by atoms with Gasteiger partial charge in [0.2, 0.25) is 0 Å². The van der Waals surface area contributed by atoms with Crippen LogP contribution in [0.2, 0.25) is 0 Å². The van der Waals surface area contributed by atoms with Gasteiger partial charge in [-0.1, -0.05) is 46.3 Å². The van der Waals surface area contributed by atoms with Crippen LogP contribution in [-0.2, 0) is 6.18 Å². The summed E-state index contributed by atoms with van der Waals surface area (Å²) < 4.78 is 38.5. The first-order chi connectivity index (χ1) is 8.89. The number of hydrogen-bond donors (Lipinski definition) is 1. The minimum Gasteiger partial charge on any atom is -0.384 e. The van der Waals surface area contributed by atoms with Crippen molar-refractivity contribution in [2.45, 2.75) is 12.3 Å².